The highest BCUT2D eigenvalue weighted by molar-refractivity contribution is 5.93. The lowest BCUT2D eigenvalue weighted by atomic mass is 10.2. The van der Waals surface area contributed by atoms with E-state index in [4.69, 9.17) is 0 Å². The van der Waals surface area contributed by atoms with Gasteiger partial charge in [0.2, 0.25) is 5.91 Å². The Morgan fingerprint density at radius 1 is 1.33 bits per heavy atom. The van der Waals surface area contributed by atoms with E-state index in [0.717, 1.165) is 18.7 Å². The highest BCUT2D eigenvalue weighted by Gasteiger charge is 2.30. The number of amides is 1. The van der Waals surface area contributed by atoms with E-state index in [-0.39, 0.29) is 11.8 Å². The highest BCUT2D eigenvalue weighted by Crippen LogP contribution is 2.40. The Morgan fingerprint density at radius 2 is 2.13 bits per heavy atom. The van der Waals surface area contributed by atoms with Gasteiger partial charge in [0.1, 0.15) is 5.82 Å². The summed E-state index contributed by atoms with van der Waals surface area (Å²) in [5.41, 5.74) is 1.32. The van der Waals surface area contributed by atoms with Gasteiger partial charge in [0.05, 0.1) is 0 Å². The number of carbonyl (C=O) groups excluding carboxylic acids is 1. The minimum Gasteiger partial charge on any atom is -0.310 e. The average molecular weight is 202 g/mol. The topological polar surface area (TPSA) is 42.0 Å². The molecule has 0 bridgehead atoms. The van der Waals surface area contributed by atoms with Crippen LogP contribution in [0.2, 0.25) is 0 Å². The van der Waals surface area contributed by atoms with Gasteiger partial charge in [0.15, 0.2) is 0 Å². The quantitative estimate of drug-likeness (QED) is 0.817. The molecule has 78 valence electrons. The van der Waals surface area contributed by atoms with Crippen molar-refractivity contribution >= 4 is 11.7 Å². The molecule has 0 saturated heterocycles. The molecular weight excluding hydrogens is 188 g/mol. The smallest absolute Gasteiger partial charge is 0.228 e. The van der Waals surface area contributed by atoms with Gasteiger partial charge in [0, 0.05) is 12.1 Å². The summed E-state index contributed by atoms with van der Waals surface area (Å²) in [7, 11) is 0. The van der Waals surface area contributed by atoms with Gasteiger partial charge in [-0.15, -0.1) is 0 Å². The molecule has 1 aromatic rings. The van der Waals surface area contributed by atoms with E-state index >= 15 is 0 Å². The summed E-state index contributed by atoms with van der Waals surface area (Å²) in [6, 6.07) is 4.06. The lowest BCUT2D eigenvalue weighted by molar-refractivity contribution is -0.117. The number of pyridine rings is 1. The predicted molar refractivity (Wildman–Crippen MR) is 57.6 cm³/mol. The molecule has 3 nitrogen and oxygen atoms in total. The summed E-state index contributed by atoms with van der Waals surface area (Å²) in [5, 5.41) is 2.88. The van der Waals surface area contributed by atoms with E-state index < -0.39 is 0 Å². The number of hydrogen-bond donors (Lipinski definition) is 1. The highest BCUT2D eigenvalue weighted by atomic mass is 16.2. The molecule has 1 heterocycles. The molecule has 3 rings (SSSR count). The molecule has 1 N–H and O–H groups in total. The SMILES string of the molecule is O=C(Nc1cc(C2CC2)ccn1)C1CC1. The zero-order valence-corrected chi connectivity index (χ0v) is 8.57. The molecule has 0 aliphatic heterocycles. The van der Waals surface area contributed by atoms with Crippen LogP contribution in [0.5, 0.6) is 0 Å². The van der Waals surface area contributed by atoms with Crippen molar-refractivity contribution in [3.8, 4) is 0 Å². The molecule has 2 aliphatic carbocycles. The predicted octanol–water partition coefficient (Wildman–Crippen LogP) is 2.31. The van der Waals surface area contributed by atoms with Crippen LogP contribution in [0.4, 0.5) is 5.82 Å². The van der Waals surface area contributed by atoms with Crippen molar-refractivity contribution in [2.75, 3.05) is 5.32 Å². The van der Waals surface area contributed by atoms with Gasteiger partial charge in [-0.2, -0.15) is 0 Å². The molecule has 1 amide bonds. The Kier molecular flexibility index (Phi) is 1.97. The van der Waals surface area contributed by atoms with Crippen molar-refractivity contribution in [2.45, 2.75) is 31.6 Å². The number of rotatable bonds is 3. The number of aromatic nitrogens is 1. The maximum absolute atomic E-state index is 11.5. The van der Waals surface area contributed by atoms with Gasteiger partial charge in [-0.1, -0.05) is 0 Å². The van der Waals surface area contributed by atoms with E-state index in [1.165, 1.54) is 18.4 Å². The first kappa shape index (κ1) is 8.89. The van der Waals surface area contributed by atoms with Gasteiger partial charge >= 0.3 is 0 Å². The van der Waals surface area contributed by atoms with Crippen LogP contribution < -0.4 is 5.32 Å². The van der Waals surface area contributed by atoms with Gasteiger partial charge in [0.25, 0.3) is 0 Å². The van der Waals surface area contributed by atoms with E-state index in [2.05, 4.69) is 10.3 Å². The maximum atomic E-state index is 11.5. The zero-order chi connectivity index (χ0) is 10.3. The second-order valence-corrected chi connectivity index (χ2v) is 4.51. The molecule has 2 aliphatic rings. The number of anilines is 1. The standard InChI is InChI=1S/C12H14N2O/c15-12(9-3-4-9)14-11-7-10(5-6-13-11)8-1-2-8/h5-9H,1-4H2,(H,13,14,15). The van der Waals surface area contributed by atoms with Gasteiger partial charge in [-0.25, -0.2) is 4.98 Å². The molecule has 0 unspecified atom stereocenters. The Labute approximate surface area is 88.9 Å². The van der Waals surface area contributed by atoms with Gasteiger partial charge in [-0.3, -0.25) is 4.79 Å². The normalized spacial score (nSPS) is 20.0. The third kappa shape index (κ3) is 2.01. The van der Waals surface area contributed by atoms with E-state index in [9.17, 15) is 4.79 Å². The fraction of sp³-hybridized carbons (Fsp3) is 0.500. The third-order valence-electron chi connectivity index (χ3n) is 3.03. The van der Waals surface area contributed by atoms with Gasteiger partial charge in [-0.05, 0) is 49.3 Å². The largest absolute Gasteiger partial charge is 0.310 e. The Balaban J connectivity index is 1.72. The lowest BCUT2D eigenvalue weighted by Gasteiger charge is -2.04. The van der Waals surface area contributed by atoms with Crippen LogP contribution in [0.3, 0.4) is 0 Å². The summed E-state index contributed by atoms with van der Waals surface area (Å²) >= 11 is 0. The van der Waals surface area contributed by atoms with Crippen LogP contribution >= 0.6 is 0 Å². The molecule has 1 aromatic heterocycles. The molecular formula is C12H14N2O. The number of nitrogens with zero attached hydrogens (tertiary/aromatic N) is 1. The van der Waals surface area contributed by atoms with E-state index in [1.807, 2.05) is 12.1 Å². The van der Waals surface area contributed by atoms with Crippen molar-refractivity contribution < 1.29 is 4.79 Å². The first-order valence-corrected chi connectivity index (χ1v) is 5.60. The third-order valence-corrected chi connectivity index (χ3v) is 3.03. The summed E-state index contributed by atoms with van der Waals surface area (Å²) in [6.45, 7) is 0. The maximum Gasteiger partial charge on any atom is 0.228 e. The van der Waals surface area contributed by atoms with Crippen LogP contribution in [0.1, 0.15) is 37.2 Å². The fourth-order valence-electron chi connectivity index (χ4n) is 1.76. The fourth-order valence-corrected chi connectivity index (χ4v) is 1.76. The molecule has 0 radical (unpaired) electrons. The summed E-state index contributed by atoms with van der Waals surface area (Å²) in [5.74, 6) is 1.81. The summed E-state index contributed by atoms with van der Waals surface area (Å²) < 4.78 is 0. The molecule has 3 heteroatoms. The van der Waals surface area contributed by atoms with Crippen molar-refractivity contribution in [1.82, 2.24) is 4.98 Å². The van der Waals surface area contributed by atoms with Crippen molar-refractivity contribution in [3.05, 3.63) is 23.9 Å². The minimum atomic E-state index is 0.135. The number of nitrogens with one attached hydrogen (secondary N) is 1. The average Bonchev–Trinajstić information content (AvgIpc) is 3.10. The molecule has 2 fully saturated rings. The lowest BCUT2D eigenvalue weighted by Crippen LogP contribution is -2.14. The van der Waals surface area contributed by atoms with Crippen LogP contribution in [0, 0.1) is 5.92 Å². The molecule has 0 spiro atoms. The van der Waals surface area contributed by atoms with Gasteiger partial charge < -0.3 is 5.32 Å². The summed E-state index contributed by atoms with van der Waals surface area (Å²) in [6.07, 6.45) is 6.42. The number of hydrogen-bond acceptors (Lipinski definition) is 2. The second kappa shape index (κ2) is 3.33. The zero-order valence-electron chi connectivity index (χ0n) is 8.57. The Morgan fingerprint density at radius 3 is 2.80 bits per heavy atom. The summed E-state index contributed by atoms with van der Waals surface area (Å²) in [4.78, 5) is 15.7. The van der Waals surface area contributed by atoms with E-state index in [0.29, 0.717) is 5.92 Å². The molecule has 2 saturated carbocycles. The van der Waals surface area contributed by atoms with Crippen LogP contribution in [0.15, 0.2) is 18.3 Å². The van der Waals surface area contributed by atoms with Crippen molar-refractivity contribution in [3.63, 3.8) is 0 Å². The molecule has 0 aromatic carbocycles. The Bertz CT molecular complexity index is 394. The first-order valence-electron chi connectivity index (χ1n) is 5.60. The number of carbonyl (C=O) groups is 1. The van der Waals surface area contributed by atoms with Crippen LogP contribution in [0.25, 0.3) is 0 Å². The van der Waals surface area contributed by atoms with Crippen molar-refractivity contribution in [1.29, 1.82) is 0 Å². The minimum absolute atomic E-state index is 0.135. The van der Waals surface area contributed by atoms with E-state index in [1.54, 1.807) is 6.20 Å². The van der Waals surface area contributed by atoms with Crippen LogP contribution in [-0.2, 0) is 4.79 Å². The monoisotopic (exact) mass is 202 g/mol. The van der Waals surface area contributed by atoms with Crippen molar-refractivity contribution in [2.24, 2.45) is 5.92 Å². The Hall–Kier alpha value is -1.38. The molecule has 0 atom stereocenters. The first-order chi connectivity index (χ1) is 7.33. The second-order valence-electron chi connectivity index (χ2n) is 4.51. The molecule has 15 heavy (non-hydrogen) atoms. The van der Waals surface area contributed by atoms with Crippen LogP contribution in [-0.4, -0.2) is 10.9 Å².